The van der Waals surface area contributed by atoms with E-state index in [9.17, 15) is 4.79 Å². The Morgan fingerprint density at radius 1 is 1.18 bits per heavy atom. The first kappa shape index (κ1) is 14.9. The molecular weight excluding hydrogens is 276 g/mol. The van der Waals surface area contributed by atoms with E-state index in [1.807, 2.05) is 42.5 Å². The summed E-state index contributed by atoms with van der Waals surface area (Å²) >= 11 is 0. The highest BCUT2D eigenvalue weighted by Crippen LogP contribution is 2.26. The van der Waals surface area contributed by atoms with Gasteiger partial charge in [-0.2, -0.15) is 0 Å². The van der Waals surface area contributed by atoms with E-state index in [0.717, 1.165) is 35.7 Å². The topological polar surface area (TPSA) is 50.4 Å². The van der Waals surface area contributed by atoms with Gasteiger partial charge in [0.15, 0.2) is 0 Å². The summed E-state index contributed by atoms with van der Waals surface area (Å²) in [7, 11) is 1.71. The number of benzene rings is 2. The molecule has 0 aliphatic heterocycles. The zero-order chi connectivity index (χ0) is 15.4. The van der Waals surface area contributed by atoms with Crippen LogP contribution in [0.4, 0.5) is 10.5 Å². The van der Waals surface area contributed by atoms with Crippen molar-refractivity contribution in [3.05, 3.63) is 42.5 Å². The van der Waals surface area contributed by atoms with E-state index in [2.05, 4.69) is 10.6 Å². The average molecular weight is 298 g/mol. The molecule has 0 bridgehead atoms. The molecule has 116 valence electrons. The predicted octanol–water partition coefficient (Wildman–Crippen LogP) is 3.78. The number of carbonyl (C=O) groups excluding carboxylic acids is 1. The van der Waals surface area contributed by atoms with Crippen molar-refractivity contribution in [3.63, 3.8) is 0 Å². The number of carbonyl (C=O) groups is 1. The summed E-state index contributed by atoms with van der Waals surface area (Å²) in [6.07, 6.45) is 3.29. The minimum atomic E-state index is -0.135. The normalized spacial score (nSPS) is 21.0. The number of rotatable bonds is 4. The van der Waals surface area contributed by atoms with Crippen LogP contribution in [-0.4, -0.2) is 25.8 Å². The molecule has 0 unspecified atom stereocenters. The summed E-state index contributed by atoms with van der Waals surface area (Å²) in [5, 5.41) is 8.26. The van der Waals surface area contributed by atoms with E-state index < -0.39 is 0 Å². The standard InChI is InChI=1S/C18H22N2O2/c1-22-12-14-8-5-10-16(14)19-18(21)20-17-11-4-7-13-6-2-3-9-15(13)17/h2-4,6-7,9,11,14,16H,5,8,10,12H2,1H3,(H2,19,20,21)/t14-,16-/m1/s1. The monoisotopic (exact) mass is 298 g/mol. The second-order valence-electron chi connectivity index (χ2n) is 5.88. The Hall–Kier alpha value is -2.07. The maximum atomic E-state index is 12.3. The highest BCUT2D eigenvalue weighted by molar-refractivity contribution is 6.01. The molecule has 2 atom stereocenters. The van der Waals surface area contributed by atoms with Crippen molar-refractivity contribution in [2.24, 2.45) is 5.92 Å². The van der Waals surface area contributed by atoms with Gasteiger partial charge in [-0.1, -0.05) is 42.8 Å². The Balaban J connectivity index is 1.68. The van der Waals surface area contributed by atoms with E-state index in [0.29, 0.717) is 12.5 Å². The second kappa shape index (κ2) is 6.79. The van der Waals surface area contributed by atoms with Gasteiger partial charge < -0.3 is 15.4 Å². The molecule has 1 aliphatic rings. The Morgan fingerprint density at radius 3 is 2.86 bits per heavy atom. The van der Waals surface area contributed by atoms with Crippen molar-refractivity contribution >= 4 is 22.5 Å². The third-order valence-electron chi connectivity index (χ3n) is 4.39. The van der Waals surface area contributed by atoms with Gasteiger partial charge in [0.2, 0.25) is 0 Å². The van der Waals surface area contributed by atoms with Gasteiger partial charge in [0, 0.05) is 24.5 Å². The van der Waals surface area contributed by atoms with Crippen LogP contribution >= 0.6 is 0 Å². The molecule has 2 aromatic rings. The lowest BCUT2D eigenvalue weighted by Crippen LogP contribution is -2.41. The first-order valence-corrected chi connectivity index (χ1v) is 7.82. The molecule has 2 aromatic carbocycles. The van der Waals surface area contributed by atoms with Crippen LogP contribution in [0.25, 0.3) is 10.8 Å². The molecule has 0 aromatic heterocycles. The summed E-state index contributed by atoms with van der Waals surface area (Å²) in [5.41, 5.74) is 0.844. The third-order valence-corrected chi connectivity index (χ3v) is 4.39. The number of anilines is 1. The number of nitrogens with one attached hydrogen (secondary N) is 2. The summed E-state index contributed by atoms with van der Waals surface area (Å²) in [4.78, 5) is 12.3. The summed E-state index contributed by atoms with van der Waals surface area (Å²) in [5.74, 6) is 0.420. The van der Waals surface area contributed by atoms with Gasteiger partial charge in [-0.05, 0) is 24.3 Å². The lowest BCUT2D eigenvalue weighted by atomic mass is 10.1. The van der Waals surface area contributed by atoms with Gasteiger partial charge in [-0.3, -0.25) is 0 Å². The second-order valence-corrected chi connectivity index (χ2v) is 5.88. The number of hydrogen-bond acceptors (Lipinski definition) is 2. The Kier molecular flexibility index (Phi) is 4.59. The Labute approximate surface area is 130 Å². The number of methoxy groups -OCH3 is 1. The predicted molar refractivity (Wildman–Crippen MR) is 89.1 cm³/mol. The first-order chi connectivity index (χ1) is 10.8. The van der Waals surface area contributed by atoms with Gasteiger partial charge >= 0.3 is 6.03 Å². The fourth-order valence-corrected chi connectivity index (χ4v) is 3.30. The molecule has 3 rings (SSSR count). The minimum absolute atomic E-state index is 0.135. The van der Waals surface area contributed by atoms with Gasteiger partial charge in [0.25, 0.3) is 0 Å². The summed E-state index contributed by atoms with van der Waals surface area (Å²) in [6, 6.07) is 14.1. The molecule has 1 aliphatic carbocycles. The molecule has 2 N–H and O–H groups in total. The van der Waals surface area contributed by atoms with Crippen LogP contribution < -0.4 is 10.6 Å². The summed E-state index contributed by atoms with van der Waals surface area (Å²) in [6.45, 7) is 0.708. The molecule has 0 radical (unpaired) electrons. The minimum Gasteiger partial charge on any atom is -0.384 e. The number of amides is 2. The molecule has 0 spiro atoms. The molecule has 0 saturated heterocycles. The van der Waals surface area contributed by atoms with Crippen LogP contribution in [0.3, 0.4) is 0 Å². The Morgan fingerprint density at radius 2 is 2.00 bits per heavy atom. The molecule has 4 nitrogen and oxygen atoms in total. The summed E-state index contributed by atoms with van der Waals surface area (Å²) < 4.78 is 5.24. The SMILES string of the molecule is COC[C@H]1CCC[C@H]1NC(=O)Nc1cccc2ccccc12. The fourth-order valence-electron chi connectivity index (χ4n) is 3.30. The van der Waals surface area contributed by atoms with E-state index >= 15 is 0 Å². The maximum Gasteiger partial charge on any atom is 0.319 e. The van der Waals surface area contributed by atoms with Gasteiger partial charge in [0.05, 0.1) is 12.3 Å². The van der Waals surface area contributed by atoms with E-state index in [4.69, 9.17) is 4.74 Å². The van der Waals surface area contributed by atoms with Gasteiger partial charge in [-0.15, -0.1) is 0 Å². The molecule has 0 heterocycles. The van der Waals surface area contributed by atoms with Gasteiger partial charge in [-0.25, -0.2) is 4.79 Å². The first-order valence-electron chi connectivity index (χ1n) is 7.82. The van der Waals surface area contributed by atoms with Crippen LogP contribution in [0.15, 0.2) is 42.5 Å². The van der Waals surface area contributed by atoms with Crippen molar-refractivity contribution < 1.29 is 9.53 Å². The van der Waals surface area contributed by atoms with E-state index in [1.54, 1.807) is 7.11 Å². The fraction of sp³-hybridized carbons (Fsp3) is 0.389. The van der Waals surface area contributed by atoms with Crippen LogP contribution in [0.2, 0.25) is 0 Å². The van der Waals surface area contributed by atoms with Crippen LogP contribution in [0.5, 0.6) is 0 Å². The lowest BCUT2D eigenvalue weighted by Gasteiger charge is -2.20. The number of hydrogen-bond donors (Lipinski definition) is 2. The van der Waals surface area contributed by atoms with E-state index in [1.165, 1.54) is 0 Å². The lowest BCUT2D eigenvalue weighted by molar-refractivity contribution is 0.142. The van der Waals surface area contributed by atoms with E-state index in [-0.39, 0.29) is 12.1 Å². The van der Waals surface area contributed by atoms with Crippen molar-refractivity contribution in [2.45, 2.75) is 25.3 Å². The molecule has 1 saturated carbocycles. The highest BCUT2D eigenvalue weighted by atomic mass is 16.5. The van der Waals surface area contributed by atoms with Gasteiger partial charge in [0.1, 0.15) is 0 Å². The Bertz CT molecular complexity index is 651. The maximum absolute atomic E-state index is 12.3. The molecule has 1 fully saturated rings. The zero-order valence-electron chi connectivity index (χ0n) is 12.8. The molecule has 22 heavy (non-hydrogen) atoms. The molecular formula is C18H22N2O2. The van der Waals surface area contributed by atoms with Crippen molar-refractivity contribution in [3.8, 4) is 0 Å². The molecule has 2 amide bonds. The quantitative estimate of drug-likeness (QED) is 0.902. The van der Waals surface area contributed by atoms with Crippen LogP contribution in [0.1, 0.15) is 19.3 Å². The third kappa shape index (κ3) is 3.22. The highest BCUT2D eigenvalue weighted by Gasteiger charge is 2.28. The zero-order valence-corrected chi connectivity index (χ0v) is 12.8. The molecule has 4 heteroatoms. The van der Waals surface area contributed by atoms with Crippen LogP contribution in [0, 0.1) is 5.92 Å². The number of urea groups is 1. The van der Waals surface area contributed by atoms with Crippen molar-refractivity contribution in [1.29, 1.82) is 0 Å². The number of ether oxygens (including phenoxy) is 1. The van der Waals surface area contributed by atoms with Crippen LogP contribution in [-0.2, 0) is 4.74 Å². The number of fused-ring (bicyclic) bond motifs is 1. The van der Waals surface area contributed by atoms with Crippen molar-refractivity contribution in [2.75, 3.05) is 19.0 Å². The average Bonchev–Trinajstić information content (AvgIpc) is 2.95. The van der Waals surface area contributed by atoms with Crippen molar-refractivity contribution in [1.82, 2.24) is 5.32 Å². The smallest absolute Gasteiger partial charge is 0.319 e. The largest absolute Gasteiger partial charge is 0.384 e.